The molecule has 1 fully saturated rings. The van der Waals surface area contributed by atoms with Crippen molar-refractivity contribution in [2.45, 2.75) is 17.8 Å². The number of benzene rings is 4. The van der Waals surface area contributed by atoms with Crippen molar-refractivity contribution in [2.24, 2.45) is 16.9 Å². The molecular formula is C34H26FN3O4. The second-order valence-electron chi connectivity index (χ2n) is 10.8. The van der Waals surface area contributed by atoms with Gasteiger partial charge in [0.15, 0.2) is 0 Å². The highest BCUT2D eigenvalue weighted by Crippen LogP contribution is 2.63. The normalized spacial score (nSPS) is 23.5. The Morgan fingerprint density at radius 2 is 1.52 bits per heavy atom. The van der Waals surface area contributed by atoms with Gasteiger partial charge in [0.25, 0.3) is 0 Å². The van der Waals surface area contributed by atoms with E-state index < -0.39 is 23.1 Å². The largest absolute Gasteiger partial charge is 0.497 e. The predicted octanol–water partition coefficient (Wildman–Crippen LogP) is 4.73. The third kappa shape index (κ3) is 3.71. The van der Waals surface area contributed by atoms with Gasteiger partial charge in [0.1, 0.15) is 11.6 Å². The minimum Gasteiger partial charge on any atom is -0.497 e. The maximum Gasteiger partial charge on any atom is 0.244 e. The topological polar surface area (TPSA) is 88.1 Å². The van der Waals surface area contributed by atoms with Crippen LogP contribution in [0.25, 0.3) is 0 Å². The number of hydrogen-bond donors (Lipinski definition) is 1. The molecule has 8 heteroatoms. The van der Waals surface area contributed by atoms with Gasteiger partial charge in [-0.05, 0) is 64.2 Å². The quantitative estimate of drug-likeness (QED) is 0.210. The predicted molar refractivity (Wildman–Crippen MR) is 155 cm³/mol. The summed E-state index contributed by atoms with van der Waals surface area (Å²) in [5.74, 6) is -2.60. The molecule has 3 amide bonds. The first-order valence-corrected chi connectivity index (χ1v) is 13.7. The van der Waals surface area contributed by atoms with E-state index in [1.807, 2.05) is 60.7 Å². The Hall–Kier alpha value is -5.11. The molecule has 0 spiro atoms. The molecule has 4 aliphatic rings. The van der Waals surface area contributed by atoms with Gasteiger partial charge in [-0.3, -0.25) is 14.4 Å². The van der Waals surface area contributed by atoms with Gasteiger partial charge in [0, 0.05) is 12.1 Å². The van der Waals surface area contributed by atoms with Crippen LogP contribution in [0, 0.1) is 17.7 Å². The van der Waals surface area contributed by atoms with E-state index in [1.165, 1.54) is 29.2 Å². The van der Waals surface area contributed by atoms with Crippen LogP contribution in [-0.4, -0.2) is 31.0 Å². The third-order valence-electron chi connectivity index (χ3n) is 8.75. The number of hydrazone groups is 1. The minimum absolute atomic E-state index is 0.103. The van der Waals surface area contributed by atoms with Crippen molar-refractivity contribution in [2.75, 3.05) is 12.0 Å². The highest BCUT2D eigenvalue weighted by molar-refractivity contribution is 6.25. The number of amides is 3. The Balaban J connectivity index is 1.32. The van der Waals surface area contributed by atoms with E-state index in [4.69, 9.17) is 4.74 Å². The summed E-state index contributed by atoms with van der Waals surface area (Å²) < 4.78 is 18.9. The van der Waals surface area contributed by atoms with E-state index in [2.05, 4.69) is 10.5 Å². The van der Waals surface area contributed by atoms with E-state index in [9.17, 15) is 18.8 Å². The van der Waals surface area contributed by atoms with E-state index in [-0.39, 0.29) is 30.1 Å². The smallest absolute Gasteiger partial charge is 0.244 e. The first-order valence-electron chi connectivity index (χ1n) is 13.7. The summed E-state index contributed by atoms with van der Waals surface area (Å²) in [6.45, 7) is 0. The molecule has 208 valence electrons. The minimum atomic E-state index is -1.11. The van der Waals surface area contributed by atoms with Gasteiger partial charge >= 0.3 is 0 Å². The lowest BCUT2D eigenvalue weighted by atomic mass is 9.47. The van der Waals surface area contributed by atoms with Gasteiger partial charge in [0.05, 0.1) is 36.5 Å². The zero-order valence-electron chi connectivity index (χ0n) is 22.7. The molecule has 1 heterocycles. The summed E-state index contributed by atoms with van der Waals surface area (Å²) >= 11 is 0. The summed E-state index contributed by atoms with van der Waals surface area (Å²) in [6, 6.07) is 28.2. The van der Waals surface area contributed by atoms with Crippen molar-refractivity contribution in [3.05, 3.63) is 131 Å². The summed E-state index contributed by atoms with van der Waals surface area (Å²) in [6.07, 6.45) is 1.73. The van der Waals surface area contributed by atoms with Gasteiger partial charge in [0.2, 0.25) is 17.7 Å². The van der Waals surface area contributed by atoms with Crippen LogP contribution in [0.4, 0.5) is 10.1 Å². The van der Waals surface area contributed by atoms with Crippen LogP contribution in [0.3, 0.4) is 0 Å². The molecule has 1 saturated heterocycles. The molecule has 3 aliphatic carbocycles. The molecule has 0 radical (unpaired) electrons. The molecule has 1 aliphatic heterocycles. The zero-order chi connectivity index (χ0) is 29.0. The monoisotopic (exact) mass is 559 g/mol. The molecule has 4 aromatic carbocycles. The fourth-order valence-electron chi connectivity index (χ4n) is 7.07. The lowest BCUT2D eigenvalue weighted by Gasteiger charge is -2.52. The average Bonchev–Trinajstić information content (AvgIpc) is 3.28. The summed E-state index contributed by atoms with van der Waals surface area (Å²) in [4.78, 5) is 42.5. The Morgan fingerprint density at radius 1 is 0.905 bits per heavy atom. The molecule has 0 unspecified atom stereocenters. The SMILES string of the molecule is COc1ccc(CC(=O)N/N=C\C23c4ccccc4C(c4ccccc42)[C@@H]2C(=O)N(c4ccc(F)cc4)C(=O)[C@@H]23)cc1. The van der Waals surface area contributed by atoms with Crippen molar-refractivity contribution >= 4 is 29.6 Å². The number of ether oxygens (including phenoxy) is 1. The van der Waals surface area contributed by atoms with E-state index >= 15 is 0 Å². The Labute approximate surface area is 241 Å². The number of hydrogen-bond acceptors (Lipinski definition) is 5. The second kappa shape index (κ2) is 9.76. The van der Waals surface area contributed by atoms with Gasteiger partial charge in [-0.1, -0.05) is 60.7 Å². The number of halogens is 1. The number of nitrogens with zero attached hydrogens (tertiary/aromatic N) is 2. The molecule has 2 atom stereocenters. The number of carbonyl (C=O) groups excluding carboxylic acids is 3. The highest BCUT2D eigenvalue weighted by Gasteiger charge is 2.68. The zero-order valence-corrected chi connectivity index (χ0v) is 22.7. The number of rotatable bonds is 6. The lowest BCUT2D eigenvalue weighted by molar-refractivity contribution is -0.123. The molecule has 2 bridgehead atoms. The van der Waals surface area contributed by atoms with Crippen LogP contribution in [0.1, 0.15) is 33.7 Å². The number of nitrogens with one attached hydrogen (secondary N) is 1. The van der Waals surface area contributed by atoms with Crippen LogP contribution in [-0.2, 0) is 26.2 Å². The van der Waals surface area contributed by atoms with Crippen LogP contribution in [0.5, 0.6) is 5.75 Å². The molecule has 0 aromatic heterocycles. The highest BCUT2D eigenvalue weighted by atomic mass is 19.1. The van der Waals surface area contributed by atoms with Gasteiger partial charge in [-0.15, -0.1) is 0 Å². The fourth-order valence-corrected chi connectivity index (χ4v) is 7.07. The number of imide groups is 1. The molecule has 4 aromatic rings. The Kier molecular flexibility index (Phi) is 6.01. The van der Waals surface area contributed by atoms with Gasteiger partial charge < -0.3 is 4.74 Å². The van der Waals surface area contributed by atoms with Crippen molar-refractivity contribution in [3.8, 4) is 5.75 Å². The molecule has 42 heavy (non-hydrogen) atoms. The van der Waals surface area contributed by atoms with Gasteiger partial charge in [-0.2, -0.15) is 5.10 Å². The lowest BCUT2D eigenvalue weighted by Crippen LogP contribution is -2.54. The molecule has 0 saturated carbocycles. The van der Waals surface area contributed by atoms with E-state index in [1.54, 1.807) is 25.5 Å². The molecule has 1 N–H and O–H groups in total. The van der Waals surface area contributed by atoms with Crippen molar-refractivity contribution in [1.82, 2.24) is 5.43 Å². The van der Waals surface area contributed by atoms with Crippen LogP contribution in [0.2, 0.25) is 0 Å². The Bertz CT molecular complexity index is 1720. The van der Waals surface area contributed by atoms with Gasteiger partial charge in [-0.25, -0.2) is 14.7 Å². The Morgan fingerprint density at radius 3 is 2.14 bits per heavy atom. The fraction of sp³-hybridized carbons (Fsp3) is 0.176. The van der Waals surface area contributed by atoms with Crippen molar-refractivity contribution in [1.29, 1.82) is 0 Å². The average molecular weight is 560 g/mol. The number of carbonyl (C=O) groups is 3. The second-order valence-corrected chi connectivity index (χ2v) is 10.8. The summed E-state index contributed by atoms with van der Waals surface area (Å²) in [7, 11) is 1.58. The van der Waals surface area contributed by atoms with Crippen molar-refractivity contribution in [3.63, 3.8) is 0 Å². The van der Waals surface area contributed by atoms with Crippen LogP contribution in [0.15, 0.2) is 102 Å². The summed E-state index contributed by atoms with van der Waals surface area (Å²) in [5.41, 5.74) is 6.33. The van der Waals surface area contributed by atoms with E-state index in [0.29, 0.717) is 11.4 Å². The maximum absolute atomic E-state index is 14.3. The molecular weight excluding hydrogens is 533 g/mol. The standard InChI is InChI=1S/C34H26FN3O4/c1-42-23-16-10-20(11-17-23)18-28(39)37-36-19-34-26-8-4-2-6-24(26)29(25-7-3-5-9-27(25)34)30-31(34)33(41)38(32(30)40)22-14-12-21(35)13-15-22/h2-17,19,29-31H,18H2,1H3,(H,37,39)/b36-19-/t29?,30-,31+,34?/m0/s1. The third-order valence-corrected chi connectivity index (χ3v) is 8.75. The van der Waals surface area contributed by atoms with Crippen molar-refractivity contribution < 1.29 is 23.5 Å². The first-order chi connectivity index (χ1) is 20.4. The molecule has 7 nitrogen and oxygen atoms in total. The number of methoxy groups -OCH3 is 1. The summed E-state index contributed by atoms with van der Waals surface area (Å²) in [5, 5.41) is 4.44. The first kappa shape index (κ1) is 25.8. The molecule has 8 rings (SSSR count). The van der Waals surface area contributed by atoms with Crippen LogP contribution < -0.4 is 15.1 Å². The van der Waals surface area contributed by atoms with Crippen LogP contribution >= 0.6 is 0 Å². The number of anilines is 1. The maximum atomic E-state index is 14.3. The van der Waals surface area contributed by atoms with E-state index in [0.717, 1.165) is 27.8 Å².